The smallest absolute Gasteiger partial charge is 0.303 e. The van der Waals surface area contributed by atoms with Crippen molar-refractivity contribution < 1.29 is 14.7 Å². The molecule has 0 bridgehead atoms. The number of rotatable bonds is 6. The topological polar surface area (TPSA) is 66.4 Å². The van der Waals surface area contributed by atoms with Crippen molar-refractivity contribution in [1.29, 1.82) is 0 Å². The highest BCUT2D eigenvalue weighted by molar-refractivity contribution is 5.84. The number of hydrogen-bond acceptors (Lipinski definition) is 2. The van der Waals surface area contributed by atoms with E-state index in [4.69, 9.17) is 5.11 Å². The molecule has 4 heteroatoms. The Hall–Kier alpha value is -1.84. The molecule has 0 saturated heterocycles. The van der Waals surface area contributed by atoms with Gasteiger partial charge in [0, 0.05) is 13.0 Å². The minimum atomic E-state index is -0.879. The van der Waals surface area contributed by atoms with Crippen molar-refractivity contribution in [2.24, 2.45) is 0 Å². The minimum absolute atomic E-state index is 0.00328. The minimum Gasteiger partial charge on any atom is -0.481 e. The van der Waals surface area contributed by atoms with Crippen LogP contribution in [0.4, 0.5) is 0 Å². The van der Waals surface area contributed by atoms with Crippen molar-refractivity contribution in [2.75, 3.05) is 6.54 Å². The molecule has 1 aromatic carbocycles. The number of amides is 1. The second kappa shape index (κ2) is 6.68. The molecule has 0 saturated carbocycles. The van der Waals surface area contributed by atoms with Gasteiger partial charge in [0.2, 0.25) is 5.91 Å². The molecule has 0 aromatic heterocycles. The van der Waals surface area contributed by atoms with Crippen LogP contribution in [0.5, 0.6) is 0 Å². The molecule has 0 aliphatic carbocycles. The van der Waals surface area contributed by atoms with Crippen LogP contribution in [0.1, 0.15) is 31.2 Å². The van der Waals surface area contributed by atoms with E-state index in [0.29, 0.717) is 13.0 Å². The van der Waals surface area contributed by atoms with E-state index in [0.717, 1.165) is 5.56 Å². The molecule has 2 N–H and O–H groups in total. The van der Waals surface area contributed by atoms with Gasteiger partial charge in [-0.3, -0.25) is 9.59 Å². The molecule has 1 rings (SSSR count). The van der Waals surface area contributed by atoms with E-state index in [1.165, 1.54) is 0 Å². The van der Waals surface area contributed by atoms with Gasteiger partial charge in [0.05, 0.1) is 5.92 Å². The van der Waals surface area contributed by atoms with E-state index in [9.17, 15) is 9.59 Å². The number of carboxylic acid groups (broad SMARTS) is 1. The number of carbonyl (C=O) groups is 2. The summed E-state index contributed by atoms with van der Waals surface area (Å²) >= 11 is 0. The van der Waals surface area contributed by atoms with Gasteiger partial charge in [-0.25, -0.2) is 0 Å². The molecule has 4 nitrogen and oxygen atoms in total. The summed E-state index contributed by atoms with van der Waals surface area (Å²) in [5, 5.41) is 11.4. The van der Waals surface area contributed by atoms with E-state index >= 15 is 0 Å². The summed E-state index contributed by atoms with van der Waals surface area (Å²) in [5.74, 6) is -1.37. The zero-order valence-electron chi connectivity index (χ0n) is 9.85. The van der Waals surface area contributed by atoms with Gasteiger partial charge in [0.1, 0.15) is 0 Å². The monoisotopic (exact) mass is 235 g/mol. The second-order valence-electron chi connectivity index (χ2n) is 3.79. The molecule has 0 spiro atoms. The number of likely N-dealkylation sites (N-methyl/N-ethyl adjacent to an activating group) is 1. The van der Waals surface area contributed by atoms with Crippen LogP contribution in [-0.2, 0) is 9.59 Å². The lowest BCUT2D eigenvalue weighted by molar-refractivity contribution is -0.137. The average Bonchev–Trinajstić information content (AvgIpc) is 2.30. The van der Waals surface area contributed by atoms with Crippen LogP contribution in [0.25, 0.3) is 0 Å². The largest absolute Gasteiger partial charge is 0.481 e. The van der Waals surface area contributed by atoms with Crippen LogP contribution < -0.4 is 5.32 Å². The highest BCUT2D eigenvalue weighted by Crippen LogP contribution is 2.21. The van der Waals surface area contributed by atoms with Crippen molar-refractivity contribution in [3.63, 3.8) is 0 Å². The summed E-state index contributed by atoms with van der Waals surface area (Å²) in [6.45, 7) is 2.40. The maximum absolute atomic E-state index is 11.9. The lowest BCUT2D eigenvalue weighted by Crippen LogP contribution is -2.29. The molecule has 0 fully saturated rings. The van der Waals surface area contributed by atoms with Crippen molar-refractivity contribution in [1.82, 2.24) is 5.32 Å². The lowest BCUT2D eigenvalue weighted by atomic mass is 9.93. The van der Waals surface area contributed by atoms with Gasteiger partial charge in [-0.05, 0) is 18.9 Å². The molecule has 1 amide bonds. The third-order valence-corrected chi connectivity index (χ3v) is 2.52. The number of nitrogens with one attached hydrogen (secondary N) is 1. The van der Waals surface area contributed by atoms with E-state index in [2.05, 4.69) is 5.32 Å². The molecule has 0 aliphatic heterocycles. The summed E-state index contributed by atoms with van der Waals surface area (Å²) in [6, 6.07) is 9.27. The quantitative estimate of drug-likeness (QED) is 0.789. The number of hydrogen-bond donors (Lipinski definition) is 2. The number of aliphatic carboxylic acids is 1. The molecular weight excluding hydrogens is 218 g/mol. The zero-order valence-corrected chi connectivity index (χ0v) is 9.85. The first-order chi connectivity index (χ1) is 8.15. The second-order valence-corrected chi connectivity index (χ2v) is 3.79. The molecule has 0 aliphatic rings. The summed E-state index contributed by atoms with van der Waals surface area (Å²) in [6.07, 6.45) is 0.321. The molecular formula is C13H17NO3. The fourth-order valence-corrected chi connectivity index (χ4v) is 1.70. The molecule has 1 unspecified atom stereocenters. The first kappa shape index (κ1) is 13.2. The van der Waals surface area contributed by atoms with Gasteiger partial charge in [-0.15, -0.1) is 0 Å². The average molecular weight is 235 g/mol. The summed E-state index contributed by atoms with van der Waals surface area (Å²) < 4.78 is 0. The van der Waals surface area contributed by atoms with Gasteiger partial charge < -0.3 is 10.4 Å². The Morgan fingerprint density at radius 2 is 1.94 bits per heavy atom. The predicted octanol–water partition coefficient (Wildman–Crippen LogP) is 1.77. The maximum atomic E-state index is 11.9. The molecule has 92 valence electrons. The first-order valence-corrected chi connectivity index (χ1v) is 5.69. The van der Waals surface area contributed by atoms with E-state index in [-0.39, 0.29) is 18.2 Å². The predicted molar refractivity (Wildman–Crippen MR) is 64.7 cm³/mol. The van der Waals surface area contributed by atoms with Crippen molar-refractivity contribution >= 4 is 11.9 Å². The molecule has 1 atom stereocenters. The summed E-state index contributed by atoms with van der Waals surface area (Å²) in [7, 11) is 0. The van der Waals surface area contributed by atoms with E-state index in [1.54, 1.807) is 0 Å². The number of carboxylic acids is 1. The summed E-state index contributed by atoms with van der Waals surface area (Å²) in [5.41, 5.74) is 0.861. The Morgan fingerprint density at radius 3 is 2.47 bits per heavy atom. The highest BCUT2D eigenvalue weighted by Gasteiger charge is 2.20. The maximum Gasteiger partial charge on any atom is 0.303 e. The lowest BCUT2D eigenvalue weighted by Gasteiger charge is -2.15. The van der Waals surface area contributed by atoms with Gasteiger partial charge in [0.15, 0.2) is 0 Å². The van der Waals surface area contributed by atoms with E-state index < -0.39 is 5.97 Å². The van der Waals surface area contributed by atoms with Crippen molar-refractivity contribution in [3.8, 4) is 0 Å². The van der Waals surface area contributed by atoms with Crippen LogP contribution in [-0.4, -0.2) is 23.5 Å². The highest BCUT2D eigenvalue weighted by atomic mass is 16.4. The fraction of sp³-hybridized carbons (Fsp3) is 0.385. The molecule has 0 radical (unpaired) electrons. The zero-order chi connectivity index (χ0) is 12.7. The Bertz CT molecular complexity index is 376. The SMILES string of the molecule is CCNC(=O)C(CCC(=O)O)c1ccccc1. The van der Waals surface area contributed by atoms with Crippen LogP contribution in [0.2, 0.25) is 0 Å². The van der Waals surface area contributed by atoms with Gasteiger partial charge in [-0.2, -0.15) is 0 Å². The fourth-order valence-electron chi connectivity index (χ4n) is 1.70. The van der Waals surface area contributed by atoms with Crippen LogP contribution in [0, 0.1) is 0 Å². The van der Waals surface area contributed by atoms with Crippen molar-refractivity contribution in [3.05, 3.63) is 35.9 Å². The van der Waals surface area contributed by atoms with Crippen molar-refractivity contribution in [2.45, 2.75) is 25.7 Å². The Morgan fingerprint density at radius 1 is 1.29 bits per heavy atom. The number of benzene rings is 1. The summed E-state index contributed by atoms with van der Waals surface area (Å²) in [4.78, 5) is 22.4. The normalized spacial score (nSPS) is 11.8. The molecule has 1 aromatic rings. The first-order valence-electron chi connectivity index (χ1n) is 5.69. The van der Waals surface area contributed by atoms with Crippen LogP contribution in [0.3, 0.4) is 0 Å². The standard InChI is InChI=1S/C13H17NO3/c1-2-14-13(17)11(8-9-12(15)16)10-6-4-3-5-7-10/h3-7,11H,2,8-9H2,1H3,(H,14,17)(H,15,16). The van der Waals surface area contributed by atoms with Gasteiger partial charge in [-0.1, -0.05) is 30.3 Å². The molecule has 0 heterocycles. The van der Waals surface area contributed by atoms with Gasteiger partial charge in [0.25, 0.3) is 0 Å². The Balaban J connectivity index is 2.78. The van der Waals surface area contributed by atoms with Gasteiger partial charge >= 0.3 is 5.97 Å². The Labute approximate surface area is 101 Å². The Kier molecular flexibility index (Phi) is 5.20. The van der Waals surface area contributed by atoms with Crippen LogP contribution >= 0.6 is 0 Å². The third-order valence-electron chi connectivity index (χ3n) is 2.52. The van der Waals surface area contributed by atoms with E-state index in [1.807, 2.05) is 37.3 Å². The molecule has 17 heavy (non-hydrogen) atoms. The third kappa shape index (κ3) is 4.26. The number of carbonyl (C=O) groups excluding carboxylic acids is 1. The van der Waals surface area contributed by atoms with Crippen LogP contribution in [0.15, 0.2) is 30.3 Å².